The lowest BCUT2D eigenvalue weighted by Crippen LogP contribution is -2.38. The van der Waals surface area contributed by atoms with Gasteiger partial charge in [-0.2, -0.15) is 17.5 Å². The molecule has 2 aromatic rings. The number of rotatable bonds is 6. The van der Waals surface area contributed by atoms with Crippen molar-refractivity contribution in [2.45, 2.75) is 55.8 Å². The second-order valence-electron chi connectivity index (χ2n) is 7.77. The van der Waals surface area contributed by atoms with E-state index in [1.165, 1.54) is 28.6 Å². The van der Waals surface area contributed by atoms with Gasteiger partial charge in [0.1, 0.15) is 6.54 Å². The number of nitrogens with zero attached hydrogens (tertiary/aromatic N) is 2. The van der Waals surface area contributed by atoms with Crippen molar-refractivity contribution in [3.63, 3.8) is 0 Å². The van der Waals surface area contributed by atoms with Crippen LogP contribution in [-0.2, 0) is 27.5 Å². The van der Waals surface area contributed by atoms with Crippen molar-refractivity contribution in [2.24, 2.45) is 0 Å². The summed E-state index contributed by atoms with van der Waals surface area (Å²) in [6, 6.07) is 6.88. The van der Waals surface area contributed by atoms with Gasteiger partial charge in [0.2, 0.25) is 15.9 Å². The maximum atomic E-state index is 12.9. The van der Waals surface area contributed by atoms with Gasteiger partial charge < -0.3 is 9.88 Å². The summed E-state index contributed by atoms with van der Waals surface area (Å²) in [7, 11) is -2.12. The number of pyridine rings is 1. The first kappa shape index (κ1) is 24.0. The molecule has 1 N–H and O–H groups in total. The highest BCUT2D eigenvalue weighted by atomic mass is 32.2. The Kier molecular flexibility index (Phi) is 7.09. The molecule has 3 rings (SSSR count). The molecule has 11 heteroatoms. The van der Waals surface area contributed by atoms with Crippen LogP contribution in [0.2, 0.25) is 0 Å². The molecule has 1 aromatic carbocycles. The van der Waals surface area contributed by atoms with Gasteiger partial charge in [0.15, 0.2) is 0 Å². The van der Waals surface area contributed by atoms with E-state index < -0.39 is 39.8 Å². The zero-order chi connectivity index (χ0) is 23.5. The molecular formula is C21H24F3N3O4S. The number of benzene rings is 1. The maximum absolute atomic E-state index is 12.9. The number of halogens is 3. The van der Waals surface area contributed by atoms with Gasteiger partial charge in [0, 0.05) is 31.0 Å². The molecule has 1 aliphatic rings. The Balaban J connectivity index is 1.68. The minimum absolute atomic E-state index is 0.0427. The molecule has 0 aliphatic heterocycles. The molecule has 0 radical (unpaired) electrons. The number of alkyl halides is 3. The molecule has 1 fully saturated rings. The zero-order valence-corrected chi connectivity index (χ0v) is 18.2. The summed E-state index contributed by atoms with van der Waals surface area (Å²) in [5.74, 6) is -0.721. The molecular weight excluding hydrogens is 447 g/mol. The molecule has 0 unspecified atom stereocenters. The van der Waals surface area contributed by atoms with Crippen LogP contribution in [-0.4, -0.2) is 36.3 Å². The predicted octanol–water partition coefficient (Wildman–Crippen LogP) is 3.46. The van der Waals surface area contributed by atoms with Crippen LogP contribution in [0, 0.1) is 0 Å². The second-order valence-corrected chi connectivity index (χ2v) is 9.76. The van der Waals surface area contributed by atoms with E-state index in [4.69, 9.17) is 0 Å². The number of carbonyl (C=O) groups excluding carboxylic acids is 1. The van der Waals surface area contributed by atoms with Crippen molar-refractivity contribution in [1.82, 2.24) is 8.87 Å². The van der Waals surface area contributed by atoms with E-state index in [2.05, 4.69) is 5.32 Å². The summed E-state index contributed by atoms with van der Waals surface area (Å²) >= 11 is 0. The number of anilines is 1. The van der Waals surface area contributed by atoms with Crippen LogP contribution in [0.4, 0.5) is 18.9 Å². The summed E-state index contributed by atoms with van der Waals surface area (Å²) in [6.45, 7) is -0.618. The Hall–Kier alpha value is -2.66. The van der Waals surface area contributed by atoms with Gasteiger partial charge in [-0.1, -0.05) is 19.3 Å². The SMILES string of the molecule is CN(C1CCCCC1)S(=O)(=O)c1ccc(NC(=O)Cn2cc(C(F)(F)F)ccc2=O)cc1. The van der Waals surface area contributed by atoms with Crippen LogP contribution >= 0.6 is 0 Å². The second kappa shape index (κ2) is 9.45. The molecule has 1 amide bonds. The van der Waals surface area contributed by atoms with E-state index >= 15 is 0 Å². The number of amides is 1. The zero-order valence-electron chi connectivity index (χ0n) is 17.4. The highest BCUT2D eigenvalue weighted by Gasteiger charge is 2.31. The third kappa shape index (κ3) is 5.57. The van der Waals surface area contributed by atoms with Crippen molar-refractivity contribution in [3.05, 3.63) is 58.5 Å². The van der Waals surface area contributed by atoms with Crippen LogP contribution in [0.5, 0.6) is 0 Å². The Morgan fingerprint density at radius 1 is 1.09 bits per heavy atom. The molecule has 0 atom stereocenters. The lowest BCUT2D eigenvalue weighted by molar-refractivity contribution is -0.138. The van der Waals surface area contributed by atoms with Crippen LogP contribution in [0.15, 0.2) is 52.3 Å². The highest BCUT2D eigenvalue weighted by molar-refractivity contribution is 7.89. The smallest absolute Gasteiger partial charge is 0.325 e. The minimum Gasteiger partial charge on any atom is -0.325 e. The van der Waals surface area contributed by atoms with Crippen LogP contribution in [0.3, 0.4) is 0 Å². The molecule has 1 saturated carbocycles. The first-order chi connectivity index (χ1) is 15.0. The number of carbonyl (C=O) groups is 1. The van der Waals surface area contributed by atoms with Crippen LogP contribution < -0.4 is 10.9 Å². The largest absolute Gasteiger partial charge is 0.417 e. The molecule has 0 saturated heterocycles. The number of aromatic nitrogens is 1. The number of hydrogen-bond donors (Lipinski definition) is 1. The predicted molar refractivity (Wildman–Crippen MR) is 113 cm³/mol. The quantitative estimate of drug-likeness (QED) is 0.699. The van der Waals surface area contributed by atoms with Gasteiger partial charge in [0.25, 0.3) is 5.56 Å². The molecule has 32 heavy (non-hydrogen) atoms. The van der Waals surface area contributed by atoms with Gasteiger partial charge in [-0.3, -0.25) is 9.59 Å². The first-order valence-corrected chi connectivity index (χ1v) is 11.6. The molecule has 1 aromatic heterocycles. The molecule has 1 heterocycles. The van der Waals surface area contributed by atoms with Gasteiger partial charge in [-0.25, -0.2) is 8.42 Å². The third-order valence-corrected chi connectivity index (χ3v) is 7.45. The summed E-state index contributed by atoms with van der Waals surface area (Å²) in [6.07, 6.45) is 0.661. The van der Waals surface area contributed by atoms with Crippen molar-refractivity contribution in [3.8, 4) is 0 Å². The summed E-state index contributed by atoms with van der Waals surface area (Å²) in [5.41, 5.74) is -1.53. The van der Waals surface area contributed by atoms with E-state index in [0.717, 1.165) is 38.2 Å². The number of nitrogens with one attached hydrogen (secondary N) is 1. The van der Waals surface area contributed by atoms with E-state index in [-0.39, 0.29) is 16.6 Å². The molecule has 174 valence electrons. The standard InChI is InChI=1S/C21H24F3N3O4S/c1-26(17-5-3-2-4-6-17)32(30,31)18-10-8-16(9-11-18)25-19(28)14-27-13-15(21(22,23)24)7-12-20(27)29/h7-13,17H,2-6,14H2,1H3,(H,25,28). The maximum Gasteiger partial charge on any atom is 0.417 e. The highest BCUT2D eigenvalue weighted by Crippen LogP contribution is 2.28. The van der Waals surface area contributed by atoms with Gasteiger partial charge in [-0.05, 0) is 43.2 Å². The van der Waals surface area contributed by atoms with Crippen molar-refractivity contribution in [1.29, 1.82) is 0 Å². The van der Waals surface area contributed by atoms with E-state index in [1.54, 1.807) is 7.05 Å². The normalized spacial score (nSPS) is 15.7. The lowest BCUT2D eigenvalue weighted by Gasteiger charge is -2.30. The van der Waals surface area contributed by atoms with Crippen molar-refractivity contribution in [2.75, 3.05) is 12.4 Å². The Bertz CT molecular complexity index is 1120. The fourth-order valence-electron chi connectivity index (χ4n) is 3.70. The number of sulfonamides is 1. The summed E-state index contributed by atoms with van der Waals surface area (Å²) < 4.78 is 66.3. The average molecular weight is 472 g/mol. The lowest BCUT2D eigenvalue weighted by atomic mass is 9.96. The van der Waals surface area contributed by atoms with Crippen LogP contribution in [0.1, 0.15) is 37.7 Å². The topological polar surface area (TPSA) is 88.5 Å². The fraction of sp³-hybridized carbons (Fsp3) is 0.429. The monoisotopic (exact) mass is 471 g/mol. The Morgan fingerprint density at radius 2 is 1.72 bits per heavy atom. The Labute approximate surface area is 183 Å². The van der Waals surface area contributed by atoms with Gasteiger partial charge >= 0.3 is 6.18 Å². The van der Waals surface area contributed by atoms with Crippen molar-refractivity contribution >= 4 is 21.6 Å². The van der Waals surface area contributed by atoms with E-state index in [9.17, 15) is 31.2 Å². The van der Waals surface area contributed by atoms with Crippen LogP contribution in [0.25, 0.3) is 0 Å². The van der Waals surface area contributed by atoms with Gasteiger partial charge in [-0.15, -0.1) is 0 Å². The molecule has 0 spiro atoms. The van der Waals surface area contributed by atoms with E-state index in [0.29, 0.717) is 16.8 Å². The first-order valence-electron chi connectivity index (χ1n) is 10.1. The molecule has 1 aliphatic carbocycles. The third-order valence-electron chi connectivity index (χ3n) is 5.53. The van der Waals surface area contributed by atoms with Gasteiger partial charge in [0.05, 0.1) is 10.5 Å². The number of hydrogen-bond acceptors (Lipinski definition) is 4. The van der Waals surface area contributed by atoms with Crippen molar-refractivity contribution < 1.29 is 26.4 Å². The molecule has 0 bridgehead atoms. The summed E-state index contributed by atoms with van der Waals surface area (Å²) in [5, 5.41) is 2.46. The average Bonchev–Trinajstić information content (AvgIpc) is 2.75. The van der Waals surface area contributed by atoms with E-state index in [1.807, 2.05) is 0 Å². The fourth-order valence-corrected chi connectivity index (χ4v) is 5.11. The molecule has 7 nitrogen and oxygen atoms in total. The minimum atomic E-state index is -4.64. The summed E-state index contributed by atoms with van der Waals surface area (Å²) in [4.78, 5) is 24.1. The Morgan fingerprint density at radius 3 is 2.31 bits per heavy atom.